The third kappa shape index (κ3) is 3.60. The van der Waals surface area contributed by atoms with Gasteiger partial charge in [-0.05, 0) is 81.9 Å². The lowest BCUT2D eigenvalue weighted by Crippen LogP contribution is -1.94. The molecule has 202 valence electrons. The van der Waals surface area contributed by atoms with Crippen molar-refractivity contribution in [2.24, 2.45) is 0 Å². The Labute approximate surface area is 249 Å². The Bertz CT molecular complexity index is 2530. The van der Waals surface area contributed by atoms with Crippen molar-refractivity contribution >= 4 is 54.5 Å². The van der Waals surface area contributed by atoms with Gasteiger partial charge in [0.1, 0.15) is 11.2 Å². The van der Waals surface area contributed by atoms with Crippen LogP contribution < -0.4 is 0 Å². The predicted octanol–water partition coefficient (Wildman–Crippen LogP) is 11.5. The molecule has 0 saturated carbocycles. The van der Waals surface area contributed by atoms with Crippen LogP contribution in [0.4, 0.5) is 0 Å². The van der Waals surface area contributed by atoms with Gasteiger partial charge in [-0.15, -0.1) is 0 Å². The summed E-state index contributed by atoms with van der Waals surface area (Å²) in [4.78, 5) is 0. The molecular weight excluding hydrogens is 522 g/mol. The van der Waals surface area contributed by atoms with Crippen molar-refractivity contribution < 1.29 is 4.42 Å². The summed E-state index contributed by atoms with van der Waals surface area (Å²) < 4.78 is 8.75. The summed E-state index contributed by atoms with van der Waals surface area (Å²) in [6, 6.07) is 52.4. The molecule has 0 radical (unpaired) electrons. The Morgan fingerprint density at radius 1 is 0.465 bits per heavy atom. The second-order valence-electron chi connectivity index (χ2n) is 11.4. The maximum absolute atomic E-state index is 6.34. The van der Waals surface area contributed by atoms with E-state index in [0.717, 1.165) is 22.2 Å². The first-order valence-corrected chi connectivity index (χ1v) is 14.8. The van der Waals surface area contributed by atoms with Crippen LogP contribution in [0.3, 0.4) is 0 Å². The molecule has 0 saturated heterocycles. The maximum atomic E-state index is 6.34. The fourth-order valence-electron chi connectivity index (χ4n) is 6.94. The first-order chi connectivity index (χ1) is 21.2. The van der Waals surface area contributed by atoms with Crippen LogP contribution in [0.5, 0.6) is 0 Å². The number of para-hydroxylation sites is 1. The topological polar surface area (TPSA) is 18.1 Å². The van der Waals surface area contributed by atoms with E-state index in [-0.39, 0.29) is 0 Å². The summed E-state index contributed by atoms with van der Waals surface area (Å²) in [6.45, 7) is 2.19. The van der Waals surface area contributed by atoms with Gasteiger partial charge < -0.3 is 8.98 Å². The average molecular weight is 550 g/mol. The molecule has 0 fully saturated rings. The van der Waals surface area contributed by atoms with Crippen molar-refractivity contribution in [1.82, 2.24) is 4.57 Å². The Hall–Kier alpha value is -5.60. The van der Waals surface area contributed by atoms with E-state index >= 15 is 0 Å². The van der Waals surface area contributed by atoms with Gasteiger partial charge in [0.25, 0.3) is 0 Å². The van der Waals surface area contributed by atoms with E-state index < -0.39 is 0 Å². The summed E-state index contributed by atoms with van der Waals surface area (Å²) in [5.74, 6) is 0. The molecule has 0 N–H and O–H groups in total. The molecule has 0 unspecified atom stereocenters. The number of aromatic nitrogens is 1. The Balaban J connectivity index is 1.32. The van der Waals surface area contributed by atoms with E-state index in [1.807, 2.05) is 0 Å². The zero-order chi connectivity index (χ0) is 28.5. The molecular formula is C41H27NO. The highest BCUT2D eigenvalue weighted by Crippen LogP contribution is 2.40. The van der Waals surface area contributed by atoms with Gasteiger partial charge in [0.2, 0.25) is 0 Å². The van der Waals surface area contributed by atoms with Gasteiger partial charge in [-0.2, -0.15) is 0 Å². The van der Waals surface area contributed by atoms with Crippen LogP contribution in [0, 0.1) is 6.92 Å². The number of rotatable bonds is 3. The van der Waals surface area contributed by atoms with Gasteiger partial charge >= 0.3 is 0 Å². The molecule has 2 aromatic heterocycles. The third-order valence-corrected chi connectivity index (χ3v) is 8.95. The van der Waals surface area contributed by atoms with Crippen LogP contribution in [0.1, 0.15) is 5.56 Å². The summed E-state index contributed by atoms with van der Waals surface area (Å²) in [5, 5.41) is 7.24. The monoisotopic (exact) mass is 549 g/mol. The molecule has 0 aliphatic heterocycles. The Morgan fingerprint density at radius 3 is 2.05 bits per heavy atom. The van der Waals surface area contributed by atoms with E-state index in [1.54, 1.807) is 0 Å². The standard InChI is InChI=1S/C41H27NO/c1-26-10-2-4-12-30(26)33-15-7-6-13-31(33)28-18-21-35-34-16-8-9-17-37(34)42(38(35)24-28)29-20-23-39-36(25-29)41-32-14-5-3-11-27(32)19-22-40(41)43-39/h2-25H,1H3. The molecule has 2 heterocycles. The Morgan fingerprint density at radius 2 is 1.16 bits per heavy atom. The van der Waals surface area contributed by atoms with E-state index in [2.05, 4.69) is 157 Å². The lowest BCUT2D eigenvalue weighted by atomic mass is 9.92. The number of furan rings is 1. The molecule has 7 aromatic carbocycles. The minimum Gasteiger partial charge on any atom is -0.456 e. The molecule has 0 bridgehead atoms. The lowest BCUT2D eigenvalue weighted by molar-refractivity contribution is 0.669. The Kier molecular flexibility index (Phi) is 5.15. The van der Waals surface area contributed by atoms with Crippen LogP contribution in [0.2, 0.25) is 0 Å². The van der Waals surface area contributed by atoms with Crippen molar-refractivity contribution in [3.63, 3.8) is 0 Å². The summed E-state index contributed by atoms with van der Waals surface area (Å²) >= 11 is 0. The van der Waals surface area contributed by atoms with Crippen LogP contribution >= 0.6 is 0 Å². The molecule has 0 spiro atoms. The van der Waals surface area contributed by atoms with Gasteiger partial charge in [-0.25, -0.2) is 0 Å². The molecule has 9 aromatic rings. The average Bonchev–Trinajstić information content (AvgIpc) is 3.60. The number of nitrogens with zero attached hydrogens (tertiary/aromatic N) is 1. The van der Waals surface area contributed by atoms with E-state index in [4.69, 9.17) is 4.42 Å². The fraction of sp³-hybridized carbons (Fsp3) is 0.0244. The smallest absolute Gasteiger partial charge is 0.136 e. The van der Waals surface area contributed by atoms with E-state index in [9.17, 15) is 0 Å². The van der Waals surface area contributed by atoms with Crippen molar-refractivity contribution in [1.29, 1.82) is 0 Å². The van der Waals surface area contributed by atoms with E-state index in [0.29, 0.717) is 0 Å². The first kappa shape index (κ1) is 24.0. The SMILES string of the molecule is Cc1ccccc1-c1ccccc1-c1ccc2c3ccccc3n(-c3ccc4oc5ccc6ccccc6c5c4c3)c2c1. The van der Waals surface area contributed by atoms with Crippen LogP contribution in [0.25, 0.3) is 82.5 Å². The first-order valence-electron chi connectivity index (χ1n) is 14.8. The molecule has 9 rings (SSSR count). The number of hydrogen-bond acceptors (Lipinski definition) is 1. The minimum absolute atomic E-state index is 0.906. The highest BCUT2D eigenvalue weighted by Gasteiger charge is 2.17. The molecule has 43 heavy (non-hydrogen) atoms. The second kappa shape index (κ2) is 9.20. The molecule has 0 amide bonds. The summed E-state index contributed by atoms with van der Waals surface area (Å²) in [5.41, 5.74) is 11.6. The lowest BCUT2D eigenvalue weighted by Gasteiger charge is -2.13. The zero-order valence-electron chi connectivity index (χ0n) is 23.7. The van der Waals surface area contributed by atoms with Gasteiger partial charge in [0, 0.05) is 27.2 Å². The van der Waals surface area contributed by atoms with Gasteiger partial charge in [0.15, 0.2) is 0 Å². The van der Waals surface area contributed by atoms with Crippen LogP contribution in [0.15, 0.2) is 150 Å². The highest BCUT2D eigenvalue weighted by atomic mass is 16.3. The quantitative estimate of drug-likeness (QED) is 0.214. The number of benzene rings is 7. The van der Waals surface area contributed by atoms with Gasteiger partial charge in [0.05, 0.1) is 11.0 Å². The minimum atomic E-state index is 0.906. The van der Waals surface area contributed by atoms with E-state index in [1.165, 1.54) is 65.8 Å². The van der Waals surface area contributed by atoms with Crippen molar-refractivity contribution in [3.05, 3.63) is 151 Å². The van der Waals surface area contributed by atoms with Crippen molar-refractivity contribution in [2.45, 2.75) is 6.92 Å². The molecule has 2 nitrogen and oxygen atoms in total. The van der Waals surface area contributed by atoms with Crippen molar-refractivity contribution in [3.8, 4) is 27.9 Å². The molecule has 0 aliphatic rings. The largest absolute Gasteiger partial charge is 0.456 e. The zero-order valence-corrected chi connectivity index (χ0v) is 23.7. The second-order valence-corrected chi connectivity index (χ2v) is 11.4. The third-order valence-electron chi connectivity index (χ3n) is 8.95. The fourth-order valence-corrected chi connectivity index (χ4v) is 6.94. The van der Waals surface area contributed by atoms with Gasteiger partial charge in [-0.1, -0.05) is 109 Å². The molecule has 2 heteroatoms. The highest BCUT2D eigenvalue weighted by molar-refractivity contribution is 6.19. The maximum Gasteiger partial charge on any atom is 0.136 e. The predicted molar refractivity (Wildman–Crippen MR) is 181 cm³/mol. The van der Waals surface area contributed by atoms with Crippen LogP contribution in [-0.2, 0) is 0 Å². The molecule has 0 atom stereocenters. The number of hydrogen-bond donors (Lipinski definition) is 0. The number of fused-ring (bicyclic) bond motifs is 8. The number of aryl methyl sites for hydroxylation is 1. The normalized spacial score (nSPS) is 11.8. The molecule has 0 aliphatic carbocycles. The van der Waals surface area contributed by atoms with Crippen LogP contribution in [-0.4, -0.2) is 4.57 Å². The van der Waals surface area contributed by atoms with Crippen molar-refractivity contribution in [2.75, 3.05) is 0 Å². The van der Waals surface area contributed by atoms with Gasteiger partial charge in [-0.3, -0.25) is 0 Å². The summed E-state index contributed by atoms with van der Waals surface area (Å²) in [7, 11) is 0. The summed E-state index contributed by atoms with van der Waals surface area (Å²) in [6.07, 6.45) is 0.